The van der Waals surface area contributed by atoms with E-state index in [0.717, 1.165) is 42.9 Å². The summed E-state index contributed by atoms with van der Waals surface area (Å²) >= 11 is 0. The maximum Gasteiger partial charge on any atom is 0.319 e. The molecule has 0 bridgehead atoms. The van der Waals surface area contributed by atoms with E-state index in [9.17, 15) is 9.59 Å². The van der Waals surface area contributed by atoms with Gasteiger partial charge in [-0.2, -0.15) is 0 Å². The Morgan fingerprint density at radius 3 is 2.29 bits per heavy atom. The fraction of sp³-hybridized carbons (Fsp3) is 0.458. The Bertz CT molecular complexity index is 873. The summed E-state index contributed by atoms with van der Waals surface area (Å²) in [4.78, 5) is 34.0. The zero-order valence-electron chi connectivity index (χ0n) is 18.0. The van der Waals surface area contributed by atoms with Crippen LogP contribution in [0.1, 0.15) is 43.0 Å². The molecule has 4 rings (SSSR count). The van der Waals surface area contributed by atoms with Gasteiger partial charge in [0.2, 0.25) is 5.91 Å². The Labute approximate surface area is 183 Å². The summed E-state index contributed by atoms with van der Waals surface area (Å²) in [5.74, 6) is 0.678. The SMILES string of the molecule is COc1ccc(C(NC(=O)C2CCN(C(=O)N3CCCC3)CC2)c2ccccn2)cc1. The molecule has 2 aromatic rings. The summed E-state index contributed by atoms with van der Waals surface area (Å²) in [6.45, 7) is 2.97. The number of hydrogen-bond donors (Lipinski definition) is 1. The molecule has 1 aromatic heterocycles. The summed E-state index contributed by atoms with van der Waals surface area (Å²) in [5, 5.41) is 3.20. The van der Waals surface area contributed by atoms with E-state index in [2.05, 4.69) is 10.3 Å². The standard InChI is InChI=1S/C24H30N4O3/c1-31-20-9-7-18(8-10-20)22(21-6-2-3-13-25-21)26-23(29)19-11-16-28(17-12-19)24(30)27-14-4-5-15-27/h2-3,6-10,13,19,22H,4-5,11-12,14-17H2,1H3,(H,26,29). The van der Waals surface area contributed by atoms with Gasteiger partial charge in [0.05, 0.1) is 18.8 Å². The predicted octanol–water partition coefficient (Wildman–Crippen LogP) is 3.22. The molecule has 2 saturated heterocycles. The van der Waals surface area contributed by atoms with E-state index in [1.165, 1.54) is 0 Å². The molecule has 1 unspecified atom stereocenters. The summed E-state index contributed by atoms with van der Waals surface area (Å²) in [5.41, 5.74) is 1.75. The number of nitrogens with zero attached hydrogens (tertiary/aromatic N) is 3. The number of pyridine rings is 1. The second-order valence-electron chi connectivity index (χ2n) is 8.21. The van der Waals surface area contributed by atoms with Crippen molar-refractivity contribution in [3.63, 3.8) is 0 Å². The van der Waals surface area contributed by atoms with Crippen LogP contribution in [0.3, 0.4) is 0 Å². The van der Waals surface area contributed by atoms with Crippen molar-refractivity contribution < 1.29 is 14.3 Å². The average molecular weight is 423 g/mol. The first-order valence-corrected chi connectivity index (χ1v) is 11.0. The smallest absolute Gasteiger partial charge is 0.319 e. The van der Waals surface area contributed by atoms with Gasteiger partial charge < -0.3 is 19.9 Å². The topological polar surface area (TPSA) is 74.8 Å². The molecule has 2 aliphatic rings. The molecule has 0 aliphatic carbocycles. The number of carbonyl (C=O) groups excluding carboxylic acids is 2. The van der Waals surface area contributed by atoms with Crippen molar-refractivity contribution in [2.75, 3.05) is 33.3 Å². The van der Waals surface area contributed by atoms with Crippen LogP contribution in [0.5, 0.6) is 5.75 Å². The van der Waals surface area contributed by atoms with Crippen molar-refractivity contribution in [1.82, 2.24) is 20.1 Å². The van der Waals surface area contributed by atoms with Crippen molar-refractivity contribution in [1.29, 1.82) is 0 Å². The average Bonchev–Trinajstić information content (AvgIpc) is 3.38. The van der Waals surface area contributed by atoms with Gasteiger partial charge in [0.15, 0.2) is 0 Å². The first-order chi connectivity index (χ1) is 15.2. The predicted molar refractivity (Wildman–Crippen MR) is 118 cm³/mol. The van der Waals surface area contributed by atoms with Crippen LogP contribution in [0, 0.1) is 5.92 Å². The normalized spacial score (nSPS) is 18.0. The zero-order chi connectivity index (χ0) is 21.6. The molecule has 2 fully saturated rings. The van der Waals surface area contributed by atoms with Crippen LogP contribution < -0.4 is 10.1 Å². The number of rotatable bonds is 5. The second-order valence-corrected chi connectivity index (χ2v) is 8.21. The highest BCUT2D eigenvalue weighted by Gasteiger charge is 2.31. The van der Waals surface area contributed by atoms with Gasteiger partial charge in [0, 0.05) is 38.3 Å². The molecule has 3 amide bonds. The lowest BCUT2D eigenvalue weighted by molar-refractivity contribution is -0.126. The minimum atomic E-state index is -0.330. The Kier molecular flexibility index (Phi) is 6.70. The van der Waals surface area contributed by atoms with E-state index < -0.39 is 0 Å². The fourth-order valence-electron chi connectivity index (χ4n) is 4.37. The Morgan fingerprint density at radius 2 is 1.68 bits per heavy atom. The van der Waals surface area contributed by atoms with E-state index in [1.807, 2.05) is 52.3 Å². The lowest BCUT2D eigenvalue weighted by atomic mass is 9.94. The molecular formula is C24H30N4O3. The van der Waals surface area contributed by atoms with Gasteiger partial charge in [0.1, 0.15) is 5.75 Å². The van der Waals surface area contributed by atoms with Crippen molar-refractivity contribution in [3.05, 3.63) is 59.9 Å². The van der Waals surface area contributed by atoms with Crippen LogP contribution in [0.4, 0.5) is 4.79 Å². The molecule has 1 N–H and O–H groups in total. The van der Waals surface area contributed by atoms with Gasteiger partial charge in [-0.15, -0.1) is 0 Å². The maximum atomic E-state index is 13.1. The Hall–Kier alpha value is -3.09. The van der Waals surface area contributed by atoms with Gasteiger partial charge in [-0.1, -0.05) is 18.2 Å². The number of urea groups is 1. The molecule has 1 atom stereocenters. The number of benzene rings is 1. The van der Waals surface area contributed by atoms with Crippen LogP contribution in [0.25, 0.3) is 0 Å². The van der Waals surface area contributed by atoms with Gasteiger partial charge >= 0.3 is 6.03 Å². The first-order valence-electron chi connectivity index (χ1n) is 11.0. The molecular weight excluding hydrogens is 392 g/mol. The van der Waals surface area contributed by atoms with E-state index >= 15 is 0 Å². The summed E-state index contributed by atoms with van der Waals surface area (Å²) in [6.07, 6.45) is 5.28. The molecule has 164 valence electrons. The van der Waals surface area contributed by atoms with E-state index in [1.54, 1.807) is 13.3 Å². The lowest BCUT2D eigenvalue weighted by Crippen LogP contribution is -2.48. The fourth-order valence-corrected chi connectivity index (χ4v) is 4.37. The monoisotopic (exact) mass is 422 g/mol. The molecule has 7 nitrogen and oxygen atoms in total. The zero-order valence-corrected chi connectivity index (χ0v) is 18.0. The highest BCUT2D eigenvalue weighted by atomic mass is 16.5. The van der Waals surface area contributed by atoms with Crippen LogP contribution in [0.2, 0.25) is 0 Å². The number of ether oxygens (including phenoxy) is 1. The largest absolute Gasteiger partial charge is 0.497 e. The van der Waals surface area contributed by atoms with Crippen LogP contribution in [0.15, 0.2) is 48.7 Å². The molecule has 0 saturated carbocycles. The van der Waals surface area contributed by atoms with Crippen LogP contribution in [-0.2, 0) is 4.79 Å². The van der Waals surface area contributed by atoms with Crippen molar-refractivity contribution in [2.24, 2.45) is 5.92 Å². The number of likely N-dealkylation sites (tertiary alicyclic amines) is 2. The Morgan fingerprint density at radius 1 is 1.00 bits per heavy atom. The summed E-state index contributed by atoms with van der Waals surface area (Å²) < 4.78 is 5.26. The van der Waals surface area contributed by atoms with Crippen molar-refractivity contribution in [2.45, 2.75) is 31.7 Å². The Balaban J connectivity index is 1.41. The van der Waals surface area contributed by atoms with Crippen molar-refractivity contribution >= 4 is 11.9 Å². The van der Waals surface area contributed by atoms with E-state index in [-0.39, 0.29) is 23.9 Å². The third-order valence-corrected chi connectivity index (χ3v) is 6.23. The third-order valence-electron chi connectivity index (χ3n) is 6.23. The number of aromatic nitrogens is 1. The van der Waals surface area contributed by atoms with Crippen LogP contribution >= 0.6 is 0 Å². The molecule has 3 heterocycles. The quantitative estimate of drug-likeness (QED) is 0.803. The van der Waals surface area contributed by atoms with E-state index in [0.29, 0.717) is 25.9 Å². The van der Waals surface area contributed by atoms with Crippen molar-refractivity contribution in [3.8, 4) is 5.75 Å². The molecule has 0 radical (unpaired) electrons. The first kappa shape index (κ1) is 21.2. The number of hydrogen-bond acceptors (Lipinski definition) is 4. The second kappa shape index (κ2) is 9.81. The van der Waals surface area contributed by atoms with Crippen LogP contribution in [-0.4, -0.2) is 60.0 Å². The minimum absolute atomic E-state index is 0.0137. The van der Waals surface area contributed by atoms with Gasteiger partial charge in [-0.3, -0.25) is 9.78 Å². The molecule has 31 heavy (non-hydrogen) atoms. The summed E-state index contributed by atoms with van der Waals surface area (Å²) in [7, 11) is 1.63. The molecule has 7 heteroatoms. The molecule has 2 aliphatic heterocycles. The van der Waals surface area contributed by atoms with Gasteiger partial charge in [-0.05, 0) is 55.5 Å². The number of amides is 3. The molecule has 0 spiro atoms. The summed E-state index contributed by atoms with van der Waals surface area (Å²) in [6, 6.07) is 13.2. The van der Waals surface area contributed by atoms with Gasteiger partial charge in [0.25, 0.3) is 0 Å². The number of methoxy groups -OCH3 is 1. The highest BCUT2D eigenvalue weighted by molar-refractivity contribution is 5.80. The number of nitrogens with one attached hydrogen (secondary N) is 1. The number of piperidine rings is 1. The van der Waals surface area contributed by atoms with E-state index in [4.69, 9.17) is 4.74 Å². The number of carbonyl (C=O) groups is 2. The highest BCUT2D eigenvalue weighted by Crippen LogP contribution is 2.25. The minimum Gasteiger partial charge on any atom is -0.497 e. The molecule has 1 aromatic carbocycles. The maximum absolute atomic E-state index is 13.1. The third kappa shape index (κ3) is 4.98. The lowest BCUT2D eigenvalue weighted by Gasteiger charge is -2.34. The van der Waals surface area contributed by atoms with Gasteiger partial charge in [-0.25, -0.2) is 4.79 Å².